The molecule has 3 N–H and O–H groups in total. The Morgan fingerprint density at radius 3 is 2.80 bits per heavy atom. The van der Waals surface area contributed by atoms with Gasteiger partial charge in [0.05, 0.1) is 18.4 Å². The van der Waals surface area contributed by atoms with Gasteiger partial charge >= 0.3 is 0 Å². The third kappa shape index (κ3) is 2.84. The third-order valence-corrected chi connectivity index (χ3v) is 2.62. The highest BCUT2D eigenvalue weighted by molar-refractivity contribution is 6.03. The predicted octanol–water partition coefficient (Wildman–Crippen LogP) is 1.80. The molecular weight excluding hydrogens is 256 g/mol. The van der Waals surface area contributed by atoms with E-state index in [2.05, 4.69) is 10.3 Å². The topological polar surface area (TPSA) is 101 Å². The van der Waals surface area contributed by atoms with Crippen molar-refractivity contribution in [3.63, 3.8) is 0 Å². The quantitative estimate of drug-likeness (QED) is 0.826. The van der Waals surface area contributed by atoms with Crippen LogP contribution < -0.4 is 15.8 Å². The zero-order chi connectivity index (χ0) is 14.5. The summed E-state index contributed by atoms with van der Waals surface area (Å²) in [6, 6.07) is 9.89. The second kappa shape index (κ2) is 5.71. The number of nitrogens with two attached hydrogens (primary N) is 1. The van der Waals surface area contributed by atoms with Gasteiger partial charge in [-0.25, -0.2) is 4.98 Å². The van der Waals surface area contributed by atoms with Crippen LogP contribution >= 0.6 is 0 Å². The van der Waals surface area contributed by atoms with Crippen molar-refractivity contribution in [2.75, 3.05) is 18.2 Å². The molecule has 0 saturated carbocycles. The number of hydrogen-bond acceptors (Lipinski definition) is 5. The van der Waals surface area contributed by atoms with Crippen LogP contribution in [-0.4, -0.2) is 18.0 Å². The minimum atomic E-state index is -0.374. The molecule has 0 spiro atoms. The third-order valence-electron chi connectivity index (χ3n) is 2.62. The average molecular weight is 268 g/mol. The molecule has 1 amide bonds. The maximum absolute atomic E-state index is 12.0. The molecule has 0 aliphatic carbocycles. The van der Waals surface area contributed by atoms with Crippen LogP contribution in [0.2, 0.25) is 0 Å². The van der Waals surface area contributed by atoms with Gasteiger partial charge in [-0.1, -0.05) is 0 Å². The van der Waals surface area contributed by atoms with Crippen molar-refractivity contribution in [3.8, 4) is 11.8 Å². The number of aromatic nitrogens is 1. The summed E-state index contributed by atoms with van der Waals surface area (Å²) in [5, 5.41) is 11.3. The number of hydrogen-bond donors (Lipinski definition) is 2. The van der Waals surface area contributed by atoms with Crippen molar-refractivity contribution < 1.29 is 9.53 Å². The van der Waals surface area contributed by atoms with Crippen LogP contribution in [-0.2, 0) is 0 Å². The molecule has 0 fully saturated rings. The fraction of sp³-hybridized carbons (Fsp3) is 0.0714. The molecule has 1 aromatic carbocycles. The summed E-state index contributed by atoms with van der Waals surface area (Å²) in [5.41, 5.74) is 7.35. The fourth-order valence-corrected chi connectivity index (χ4v) is 1.58. The summed E-state index contributed by atoms with van der Waals surface area (Å²) in [6.07, 6.45) is 1.35. The molecule has 0 unspecified atom stereocenters. The SMILES string of the molecule is COc1cc(NC(=O)c2ccc(C#N)cn2)ccc1N. The van der Waals surface area contributed by atoms with Crippen LogP contribution in [0.15, 0.2) is 36.5 Å². The first-order valence-corrected chi connectivity index (χ1v) is 5.75. The highest BCUT2D eigenvalue weighted by Gasteiger charge is 2.09. The number of nitrogens with zero attached hydrogens (tertiary/aromatic N) is 2. The molecule has 0 saturated heterocycles. The van der Waals surface area contributed by atoms with Crippen molar-refractivity contribution in [1.29, 1.82) is 5.26 Å². The van der Waals surface area contributed by atoms with E-state index in [1.807, 2.05) is 6.07 Å². The number of nitriles is 1. The number of nitrogens with one attached hydrogen (secondary N) is 1. The summed E-state index contributed by atoms with van der Waals surface area (Å²) >= 11 is 0. The van der Waals surface area contributed by atoms with E-state index in [-0.39, 0.29) is 11.6 Å². The fourth-order valence-electron chi connectivity index (χ4n) is 1.58. The standard InChI is InChI=1S/C14H12N4O2/c1-20-13-6-10(3-4-11(13)16)18-14(19)12-5-2-9(7-15)8-17-12/h2-6,8H,16H2,1H3,(H,18,19). The highest BCUT2D eigenvalue weighted by Crippen LogP contribution is 2.25. The lowest BCUT2D eigenvalue weighted by molar-refractivity contribution is 0.102. The van der Waals surface area contributed by atoms with Crippen LogP contribution in [0.3, 0.4) is 0 Å². The van der Waals surface area contributed by atoms with Gasteiger partial charge in [-0.2, -0.15) is 5.26 Å². The Hall–Kier alpha value is -3.07. The number of ether oxygens (including phenoxy) is 1. The van der Waals surface area contributed by atoms with E-state index in [1.54, 1.807) is 18.2 Å². The minimum absolute atomic E-state index is 0.222. The molecular formula is C14H12N4O2. The molecule has 1 heterocycles. The Morgan fingerprint density at radius 2 is 2.20 bits per heavy atom. The number of carbonyl (C=O) groups is 1. The molecule has 0 radical (unpaired) electrons. The van der Waals surface area contributed by atoms with Crippen molar-refractivity contribution >= 4 is 17.3 Å². The Bertz CT molecular complexity index is 675. The van der Waals surface area contributed by atoms with E-state index in [1.165, 1.54) is 25.4 Å². The normalized spacial score (nSPS) is 9.60. The smallest absolute Gasteiger partial charge is 0.274 e. The molecule has 0 bridgehead atoms. The molecule has 0 atom stereocenters. The van der Waals surface area contributed by atoms with Crippen LogP contribution in [0, 0.1) is 11.3 Å². The first-order valence-electron chi connectivity index (χ1n) is 5.75. The second-order valence-corrected chi connectivity index (χ2v) is 3.95. The van der Waals surface area contributed by atoms with Gasteiger partial charge in [-0.3, -0.25) is 4.79 Å². The number of carbonyl (C=O) groups excluding carboxylic acids is 1. The van der Waals surface area contributed by atoms with E-state index < -0.39 is 0 Å². The lowest BCUT2D eigenvalue weighted by Gasteiger charge is -2.08. The number of methoxy groups -OCH3 is 1. The maximum Gasteiger partial charge on any atom is 0.274 e. The minimum Gasteiger partial charge on any atom is -0.495 e. The van der Waals surface area contributed by atoms with Crippen molar-refractivity contribution in [2.45, 2.75) is 0 Å². The zero-order valence-corrected chi connectivity index (χ0v) is 10.8. The van der Waals surface area contributed by atoms with Gasteiger partial charge in [-0.05, 0) is 24.3 Å². The summed E-state index contributed by atoms with van der Waals surface area (Å²) in [4.78, 5) is 15.9. The number of pyridine rings is 1. The van der Waals surface area contributed by atoms with E-state index in [0.29, 0.717) is 22.7 Å². The summed E-state index contributed by atoms with van der Waals surface area (Å²) < 4.78 is 5.08. The van der Waals surface area contributed by atoms with E-state index in [0.717, 1.165) is 0 Å². The second-order valence-electron chi connectivity index (χ2n) is 3.95. The molecule has 6 heteroatoms. The van der Waals surface area contributed by atoms with Crippen molar-refractivity contribution in [3.05, 3.63) is 47.8 Å². The molecule has 100 valence electrons. The van der Waals surface area contributed by atoms with Gasteiger partial charge in [0, 0.05) is 18.0 Å². The lowest BCUT2D eigenvalue weighted by atomic mass is 10.2. The lowest BCUT2D eigenvalue weighted by Crippen LogP contribution is -2.13. The first-order chi connectivity index (χ1) is 9.63. The highest BCUT2D eigenvalue weighted by atomic mass is 16.5. The van der Waals surface area contributed by atoms with Gasteiger partial charge in [-0.15, -0.1) is 0 Å². The maximum atomic E-state index is 12.0. The first kappa shape index (κ1) is 13.4. The van der Waals surface area contributed by atoms with Gasteiger partial charge in [0.25, 0.3) is 5.91 Å². The number of rotatable bonds is 3. The Labute approximate surface area is 115 Å². The number of amides is 1. The monoisotopic (exact) mass is 268 g/mol. The largest absolute Gasteiger partial charge is 0.495 e. The number of anilines is 2. The number of benzene rings is 1. The van der Waals surface area contributed by atoms with Crippen molar-refractivity contribution in [2.24, 2.45) is 0 Å². The zero-order valence-electron chi connectivity index (χ0n) is 10.8. The molecule has 0 aliphatic heterocycles. The number of nitrogen functional groups attached to an aromatic ring is 1. The summed E-state index contributed by atoms with van der Waals surface area (Å²) in [6.45, 7) is 0. The van der Waals surface area contributed by atoms with Gasteiger partial charge < -0.3 is 15.8 Å². The molecule has 2 rings (SSSR count). The predicted molar refractivity (Wildman–Crippen MR) is 74.3 cm³/mol. The summed E-state index contributed by atoms with van der Waals surface area (Å²) in [5.74, 6) is 0.108. The average Bonchev–Trinajstić information content (AvgIpc) is 2.49. The summed E-state index contributed by atoms with van der Waals surface area (Å²) in [7, 11) is 1.50. The van der Waals surface area contributed by atoms with E-state index in [9.17, 15) is 4.79 Å². The van der Waals surface area contributed by atoms with E-state index >= 15 is 0 Å². The van der Waals surface area contributed by atoms with Crippen LogP contribution in [0.25, 0.3) is 0 Å². The molecule has 0 aliphatic rings. The molecule has 6 nitrogen and oxygen atoms in total. The van der Waals surface area contributed by atoms with Crippen LogP contribution in [0.1, 0.15) is 16.1 Å². The van der Waals surface area contributed by atoms with E-state index in [4.69, 9.17) is 15.7 Å². The molecule has 1 aromatic heterocycles. The molecule has 2 aromatic rings. The van der Waals surface area contributed by atoms with Gasteiger partial charge in [0.2, 0.25) is 0 Å². The van der Waals surface area contributed by atoms with Gasteiger partial charge in [0.15, 0.2) is 0 Å². The molecule has 20 heavy (non-hydrogen) atoms. The van der Waals surface area contributed by atoms with Crippen molar-refractivity contribution in [1.82, 2.24) is 4.98 Å². The Morgan fingerprint density at radius 1 is 1.40 bits per heavy atom. The Balaban J connectivity index is 2.16. The van der Waals surface area contributed by atoms with Gasteiger partial charge in [0.1, 0.15) is 17.5 Å². The van der Waals surface area contributed by atoms with Crippen LogP contribution in [0.5, 0.6) is 5.75 Å². The van der Waals surface area contributed by atoms with Crippen LogP contribution in [0.4, 0.5) is 11.4 Å². The Kier molecular flexibility index (Phi) is 3.82.